The molecule has 0 radical (unpaired) electrons. The van der Waals surface area contributed by atoms with Crippen LogP contribution in [0.2, 0.25) is 5.15 Å². The summed E-state index contributed by atoms with van der Waals surface area (Å²) in [6.45, 7) is 4.55. The van der Waals surface area contributed by atoms with E-state index in [1.54, 1.807) is 18.1 Å². The number of nitrogens with one attached hydrogen (secondary N) is 2. The number of carbonyl (C=O) groups excluding carboxylic acids is 1. The molecule has 0 saturated heterocycles. The lowest BCUT2D eigenvalue weighted by molar-refractivity contribution is 0.198. The highest BCUT2D eigenvalue weighted by molar-refractivity contribution is 6.30. The largest absolute Gasteiger partial charge is 0.360 e. The molecule has 0 aromatic carbocycles. The molecule has 0 bridgehead atoms. The highest BCUT2D eigenvalue weighted by atomic mass is 35.5. The van der Waals surface area contributed by atoms with E-state index in [0.717, 1.165) is 22.9 Å². The third-order valence-corrected chi connectivity index (χ3v) is 3.59. The zero-order chi connectivity index (χ0) is 14.7. The molecule has 2 aromatic rings. The van der Waals surface area contributed by atoms with Crippen molar-refractivity contribution in [3.63, 3.8) is 0 Å². The molecule has 2 rings (SSSR count). The Morgan fingerprint density at radius 3 is 3.00 bits per heavy atom. The number of amides is 2. The summed E-state index contributed by atoms with van der Waals surface area (Å²) < 4.78 is 0. The lowest BCUT2D eigenvalue weighted by Gasteiger charge is -2.21. The van der Waals surface area contributed by atoms with Gasteiger partial charge in [0.2, 0.25) is 0 Å². The van der Waals surface area contributed by atoms with Crippen LogP contribution in [-0.2, 0) is 6.42 Å². The lowest BCUT2D eigenvalue weighted by atomic mass is 10.1. The van der Waals surface area contributed by atoms with Gasteiger partial charge in [-0.05, 0) is 31.9 Å². The van der Waals surface area contributed by atoms with Gasteiger partial charge in [0.05, 0.1) is 11.7 Å². The van der Waals surface area contributed by atoms with Gasteiger partial charge in [-0.25, -0.2) is 9.78 Å². The van der Waals surface area contributed by atoms with Crippen LogP contribution in [-0.4, -0.2) is 40.5 Å². The van der Waals surface area contributed by atoms with Gasteiger partial charge >= 0.3 is 6.03 Å². The molecule has 2 heterocycles. The molecule has 20 heavy (non-hydrogen) atoms. The molecular formula is C14H19ClN4O. The van der Waals surface area contributed by atoms with Crippen LogP contribution in [0.15, 0.2) is 18.5 Å². The molecular weight excluding hydrogens is 276 g/mol. The maximum absolute atomic E-state index is 11.8. The minimum atomic E-state index is -0.0560. The first-order valence-electron chi connectivity index (χ1n) is 6.61. The fourth-order valence-electron chi connectivity index (χ4n) is 1.92. The summed E-state index contributed by atoms with van der Waals surface area (Å²) in [6.07, 6.45) is 4.39. The molecule has 0 saturated carbocycles. The topological polar surface area (TPSA) is 61.0 Å². The Morgan fingerprint density at radius 2 is 2.30 bits per heavy atom. The first-order valence-corrected chi connectivity index (χ1v) is 6.99. The second-order valence-electron chi connectivity index (χ2n) is 5.05. The average Bonchev–Trinajstić information content (AvgIpc) is 2.80. The first kappa shape index (κ1) is 14.7. The summed E-state index contributed by atoms with van der Waals surface area (Å²) in [5.41, 5.74) is 2.08. The number of hydrogen-bond donors (Lipinski definition) is 2. The van der Waals surface area contributed by atoms with E-state index in [0.29, 0.717) is 11.7 Å². The van der Waals surface area contributed by atoms with Gasteiger partial charge in [0.15, 0.2) is 0 Å². The molecule has 0 aliphatic heterocycles. The van der Waals surface area contributed by atoms with E-state index >= 15 is 0 Å². The van der Waals surface area contributed by atoms with Crippen LogP contribution < -0.4 is 5.32 Å². The molecule has 2 amide bonds. The van der Waals surface area contributed by atoms with Crippen molar-refractivity contribution in [1.29, 1.82) is 0 Å². The minimum absolute atomic E-state index is 0.0560. The third-order valence-electron chi connectivity index (χ3n) is 3.38. The maximum atomic E-state index is 11.8. The zero-order valence-corrected chi connectivity index (χ0v) is 12.7. The number of halogens is 1. The van der Waals surface area contributed by atoms with Crippen molar-refractivity contribution in [1.82, 2.24) is 20.2 Å². The molecule has 0 aliphatic rings. The molecule has 0 aliphatic carbocycles. The highest BCUT2D eigenvalue weighted by Gasteiger charge is 2.11. The van der Waals surface area contributed by atoms with Gasteiger partial charge in [-0.15, -0.1) is 0 Å². The van der Waals surface area contributed by atoms with Crippen LogP contribution >= 0.6 is 11.6 Å². The number of H-pyrrole nitrogens is 1. The minimum Gasteiger partial charge on any atom is -0.360 e. The Balaban J connectivity index is 1.96. The van der Waals surface area contributed by atoms with Crippen molar-refractivity contribution < 1.29 is 4.79 Å². The van der Waals surface area contributed by atoms with Crippen molar-refractivity contribution >= 4 is 28.5 Å². The van der Waals surface area contributed by atoms with Gasteiger partial charge < -0.3 is 15.2 Å². The molecule has 0 spiro atoms. The fraction of sp³-hybridized carbons (Fsp3) is 0.429. The second-order valence-corrected chi connectivity index (χ2v) is 5.44. The fourth-order valence-corrected chi connectivity index (χ4v) is 2.08. The van der Waals surface area contributed by atoms with Gasteiger partial charge in [-0.3, -0.25) is 0 Å². The Bertz CT molecular complexity index is 608. The van der Waals surface area contributed by atoms with Crippen molar-refractivity contribution in [3.05, 3.63) is 29.2 Å². The van der Waals surface area contributed by atoms with Crippen LogP contribution in [0.3, 0.4) is 0 Å². The predicted octanol–water partition coefficient (Wildman–Crippen LogP) is 2.81. The van der Waals surface area contributed by atoms with E-state index in [-0.39, 0.29) is 12.1 Å². The van der Waals surface area contributed by atoms with E-state index in [1.165, 1.54) is 0 Å². The molecule has 0 fully saturated rings. The zero-order valence-electron chi connectivity index (χ0n) is 11.9. The van der Waals surface area contributed by atoms with Gasteiger partial charge in [0.25, 0.3) is 0 Å². The van der Waals surface area contributed by atoms with Crippen molar-refractivity contribution in [2.24, 2.45) is 0 Å². The molecule has 108 valence electrons. The van der Waals surface area contributed by atoms with Crippen LogP contribution in [0.5, 0.6) is 0 Å². The molecule has 6 heteroatoms. The van der Waals surface area contributed by atoms with Gasteiger partial charge in [0, 0.05) is 31.2 Å². The van der Waals surface area contributed by atoms with Crippen LogP contribution in [0.1, 0.15) is 19.4 Å². The van der Waals surface area contributed by atoms with E-state index in [9.17, 15) is 4.79 Å². The lowest BCUT2D eigenvalue weighted by Crippen LogP contribution is -2.41. The molecule has 2 aromatic heterocycles. The number of aromatic nitrogens is 2. The van der Waals surface area contributed by atoms with E-state index in [1.807, 2.05) is 26.1 Å². The van der Waals surface area contributed by atoms with Crippen molar-refractivity contribution in [3.8, 4) is 0 Å². The van der Waals surface area contributed by atoms with Crippen LogP contribution in [0.4, 0.5) is 4.79 Å². The van der Waals surface area contributed by atoms with Crippen molar-refractivity contribution in [2.75, 3.05) is 13.6 Å². The van der Waals surface area contributed by atoms with Gasteiger partial charge in [-0.2, -0.15) is 0 Å². The summed E-state index contributed by atoms with van der Waals surface area (Å²) in [5.74, 6) is 0. The highest BCUT2D eigenvalue weighted by Crippen LogP contribution is 2.20. The summed E-state index contributed by atoms with van der Waals surface area (Å²) in [4.78, 5) is 20.7. The summed E-state index contributed by atoms with van der Waals surface area (Å²) in [6, 6.07) is 1.97. The quantitative estimate of drug-likeness (QED) is 0.852. The summed E-state index contributed by atoms with van der Waals surface area (Å²) >= 11 is 5.91. The first-order chi connectivity index (χ1) is 9.49. The number of pyridine rings is 1. The summed E-state index contributed by atoms with van der Waals surface area (Å²) in [7, 11) is 1.79. The monoisotopic (exact) mass is 294 g/mol. The van der Waals surface area contributed by atoms with E-state index in [4.69, 9.17) is 11.6 Å². The molecule has 0 unspecified atom stereocenters. The van der Waals surface area contributed by atoms with Gasteiger partial charge in [-0.1, -0.05) is 11.6 Å². The predicted molar refractivity (Wildman–Crippen MR) is 81.1 cm³/mol. The summed E-state index contributed by atoms with van der Waals surface area (Å²) in [5, 5.41) is 4.43. The standard InChI is InChI=1S/C14H19ClN4O/c1-9(2)19(3)14(20)16-5-4-10-7-17-12-8-18-13(15)6-11(10)12/h6-9,17H,4-5H2,1-3H3,(H,16,20). The number of hydrogen-bond acceptors (Lipinski definition) is 2. The van der Waals surface area contributed by atoms with E-state index in [2.05, 4.69) is 15.3 Å². The normalized spacial score (nSPS) is 11.1. The van der Waals surface area contributed by atoms with Crippen molar-refractivity contribution in [2.45, 2.75) is 26.3 Å². The number of carbonyl (C=O) groups is 1. The number of fused-ring (bicyclic) bond motifs is 1. The molecule has 2 N–H and O–H groups in total. The van der Waals surface area contributed by atoms with E-state index < -0.39 is 0 Å². The Kier molecular flexibility index (Phi) is 4.49. The molecule has 0 atom stereocenters. The third kappa shape index (κ3) is 3.22. The SMILES string of the molecule is CC(C)N(C)C(=O)NCCc1c[nH]c2cnc(Cl)cc12. The average molecular weight is 295 g/mol. The van der Waals surface area contributed by atoms with Gasteiger partial charge in [0.1, 0.15) is 5.15 Å². The Labute approximate surface area is 123 Å². The maximum Gasteiger partial charge on any atom is 0.317 e. The van der Waals surface area contributed by atoms with Crippen LogP contribution in [0, 0.1) is 0 Å². The smallest absolute Gasteiger partial charge is 0.317 e. The molecule has 5 nitrogen and oxygen atoms in total. The second kappa shape index (κ2) is 6.13. The Hall–Kier alpha value is -1.75. The number of aromatic amines is 1. The van der Waals surface area contributed by atoms with Crippen LogP contribution in [0.25, 0.3) is 10.9 Å². The Morgan fingerprint density at radius 1 is 1.55 bits per heavy atom. The number of nitrogens with zero attached hydrogens (tertiary/aromatic N) is 2. The number of urea groups is 1. The number of rotatable bonds is 4.